The largest absolute Gasteiger partial charge is 0.330 e. The van der Waals surface area contributed by atoms with Crippen LogP contribution in [-0.4, -0.2) is 45.0 Å². The molecule has 1 aromatic rings. The lowest BCUT2D eigenvalue weighted by atomic mass is 9.86. The number of rotatable bonds is 3. The maximum atomic E-state index is 12.8. The van der Waals surface area contributed by atoms with Crippen molar-refractivity contribution >= 4 is 17.7 Å². The Morgan fingerprint density at radius 2 is 2.23 bits per heavy atom. The van der Waals surface area contributed by atoms with Crippen molar-refractivity contribution in [2.45, 2.75) is 38.6 Å². The highest BCUT2D eigenvalue weighted by atomic mass is 16.2. The summed E-state index contributed by atoms with van der Waals surface area (Å²) in [5.74, 6) is -0.855. The normalized spacial score (nSPS) is 24.1. The van der Waals surface area contributed by atoms with Crippen LogP contribution in [0.15, 0.2) is 6.20 Å². The molecule has 22 heavy (non-hydrogen) atoms. The average Bonchev–Trinajstić information content (AvgIpc) is 3.03. The minimum atomic E-state index is -0.655. The third kappa shape index (κ3) is 2.40. The van der Waals surface area contributed by atoms with E-state index in [0.717, 1.165) is 18.5 Å². The molecule has 1 N–H and O–H groups in total. The zero-order valence-corrected chi connectivity index (χ0v) is 12.8. The average molecular weight is 304 g/mol. The molecule has 118 valence electrons. The number of nitrogens with one attached hydrogen (secondary N) is 1. The molecule has 0 saturated carbocycles. The van der Waals surface area contributed by atoms with Gasteiger partial charge in [0.25, 0.3) is 0 Å². The number of fused-ring (bicyclic) bond motifs is 1. The van der Waals surface area contributed by atoms with E-state index >= 15 is 0 Å². The van der Waals surface area contributed by atoms with Crippen LogP contribution in [0.3, 0.4) is 0 Å². The van der Waals surface area contributed by atoms with Gasteiger partial charge in [0.2, 0.25) is 17.7 Å². The first kappa shape index (κ1) is 14.7. The summed E-state index contributed by atoms with van der Waals surface area (Å²) in [6.45, 7) is 2.27. The first-order valence-electron chi connectivity index (χ1n) is 7.65. The number of aryl methyl sites for hydroxylation is 2. The van der Waals surface area contributed by atoms with Crippen LogP contribution in [0.1, 0.15) is 31.0 Å². The molecule has 2 aliphatic rings. The summed E-state index contributed by atoms with van der Waals surface area (Å²) in [7, 11) is 1.88. The van der Waals surface area contributed by atoms with Gasteiger partial charge in [0.15, 0.2) is 0 Å². The Morgan fingerprint density at radius 1 is 1.45 bits per heavy atom. The van der Waals surface area contributed by atoms with Crippen LogP contribution in [0.25, 0.3) is 0 Å². The second-order valence-corrected chi connectivity index (χ2v) is 5.94. The number of carbonyl (C=O) groups excluding carboxylic acids is 3. The van der Waals surface area contributed by atoms with Crippen LogP contribution in [0.5, 0.6) is 0 Å². The Hall–Kier alpha value is -2.18. The summed E-state index contributed by atoms with van der Waals surface area (Å²) >= 11 is 0. The standard InChI is InChI=1S/C15H20N4O3/c1-3-19(12-7-13(20)17-14(12)21)15(22)9-4-5-10-8-16-18(2)11(10)6-9/h8-9,12H,3-7H2,1-2H3,(H,17,20,21). The number of hydrogen-bond donors (Lipinski definition) is 1. The fourth-order valence-corrected chi connectivity index (χ4v) is 3.41. The molecular weight excluding hydrogens is 284 g/mol. The van der Waals surface area contributed by atoms with Gasteiger partial charge in [-0.25, -0.2) is 0 Å². The van der Waals surface area contributed by atoms with Crippen LogP contribution in [-0.2, 0) is 34.3 Å². The van der Waals surface area contributed by atoms with Crippen molar-refractivity contribution in [2.75, 3.05) is 6.54 Å². The summed E-state index contributed by atoms with van der Waals surface area (Å²) in [5, 5.41) is 6.51. The van der Waals surface area contributed by atoms with Crippen LogP contribution < -0.4 is 5.32 Å². The lowest BCUT2D eigenvalue weighted by molar-refractivity contribution is -0.142. The number of amides is 3. The van der Waals surface area contributed by atoms with Gasteiger partial charge >= 0.3 is 0 Å². The molecular formula is C15H20N4O3. The molecule has 7 heteroatoms. The van der Waals surface area contributed by atoms with Crippen molar-refractivity contribution in [1.29, 1.82) is 0 Å². The van der Waals surface area contributed by atoms with Gasteiger partial charge in [0, 0.05) is 31.6 Å². The molecule has 0 aromatic carbocycles. The van der Waals surface area contributed by atoms with Gasteiger partial charge in [-0.3, -0.25) is 24.4 Å². The molecule has 2 heterocycles. The van der Waals surface area contributed by atoms with Crippen molar-refractivity contribution in [3.05, 3.63) is 17.5 Å². The number of hydrogen-bond acceptors (Lipinski definition) is 4. The van der Waals surface area contributed by atoms with E-state index in [9.17, 15) is 14.4 Å². The van der Waals surface area contributed by atoms with Crippen LogP contribution in [0.2, 0.25) is 0 Å². The second-order valence-electron chi connectivity index (χ2n) is 5.94. The molecule has 1 aliphatic heterocycles. The highest BCUT2D eigenvalue weighted by Gasteiger charge is 2.39. The third-order valence-electron chi connectivity index (χ3n) is 4.64. The number of imide groups is 1. The Balaban J connectivity index is 1.77. The lowest BCUT2D eigenvalue weighted by Crippen LogP contribution is -2.47. The minimum Gasteiger partial charge on any atom is -0.330 e. The van der Waals surface area contributed by atoms with E-state index in [0.29, 0.717) is 13.0 Å². The molecule has 3 amide bonds. The second kappa shape index (κ2) is 5.55. The van der Waals surface area contributed by atoms with Gasteiger partial charge in [-0.05, 0) is 25.3 Å². The van der Waals surface area contributed by atoms with Gasteiger partial charge in [-0.15, -0.1) is 0 Å². The van der Waals surface area contributed by atoms with E-state index in [1.807, 2.05) is 24.9 Å². The van der Waals surface area contributed by atoms with Gasteiger partial charge in [-0.2, -0.15) is 5.10 Å². The maximum absolute atomic E-state index is 12.8. The molecule has 0 bridgehead atoms. The third-order valence-corrected chi connectivity index (χ3v) is 4.64. The lowest BCUT2D eigenvalue weighted by Gasteiger charge is -2.31. The predicted molar refractivity (Wildman–Crippen MR) is 77.7 cm³/mol. The molecule has 1 saturated heterocycles. The van der Waals surface area contributed by atoms with E-state index in [1.165, 1.54) is 5.56 Å². The Labute approximate surface area is 128 Å². The predicted octanol–water partition coefficient (Wildman–Crippen LogP) is -0.211. The fourth-order valence-electron chi connectivity index (χ4n) is 3.41. The molecule has 7 nitrogen and oxygen atoms in total. The fraction of sp³-hybridized carbons (Fsp3) is 0.600. The molecule has 1 aromatic heterocycles. The first-order valence-corrected chi connectivity index (χ1v) is 7.65. The molecule has 1 fully saturated rings. The molecule has 2 atom stereocenters. The smallest absolute Gasteiger partial charge is 0.249 e. The van der Waals surface area contributed by atoms with Crippen LogP contribution in [0, 0.1) is 5.92 Å². The summed E-state index contributed by atoms with van der Waals surface area (Å²) < 4.78 is 1.82. The molecule has 2 unspecified atom stereocenters. The van der Waals surface area contributed by atoms with Gasteiger partial charge in [-0.1, -0.05) is 0 Å². The van der Waals surface area contributed by atoms with Crippen molar-refractivity contribution in [2.24, 2.45) is 13.0 Å². The zero-order valence-electron chi connectivity index (χ0n) is 12.8. The van der Waals surface area contributed by atoms with Crippen molar-refractivity contribution in [3.8, 4) is 0 Å². The van der Waals surface area contributed by atoms with Crippen molar-refractivity contribution in [1.82, 2.24) is 20.0 Å². The van der Waals surface area contributed by atoms with Gasteiger partial charge < -0.3 is 4.90 Å². The molecule has 3 rings (SSSR count). The Kier molecular flexibility index (Phi) is 3.72. The maximum Gasteiger partial charge on any atom is 0.249 e. The van der Waals surface area contributed by atoms with Crippen molar-refractivity contribution < 1.29 is 14.4 Å². The first-order chi connectivity index (χ1) is 10.5. The molecule has 0 spiro atoms. The minimum absolute atomic E-state index is 0.0378. The van der Waals surface area contributed by atoms with Gasteiger partial charge in [0.05, 0.1) is 12.6 Å². The van der Waals surface area contributed by atoms with Gasteiger partial charge in [0.1, 0.15) is 6.04 Å². The number of aromatic nitrogens is 2. The number of likely N-dealkylation sites (N-methyl/N-ethyl adjacent to an activating group) is 1. The summed E-state index contributed by atoms with van der Waals surface area (Å²) in [6.07, 6.45) is 4.16. The van der Waals surface area contributed by atoms with E-state index in [2.05, 4.69) is 10.4 Å². The topological polar surface area (TPSA) is 84.3 Å². The quantitative estimate of drug-likeness (QED) is 0.783. The summed E-state index contributed by atoms with van der Waals surface area (Å²) in [5.41, 5.74) is 2.29. The number of carbonyl (C=O) groups is 3. The van der Waals surface area contributed by atoms with Crippen molar-refractivity contribution in [3.63, 3.8) is 0 Å². The zero-order chi connectivity index (χ0) is 15.9. The SMILES string of the molecule is CCN(C(=O)C1CCc2cnn(C)c2C1)C1CC(=O)NC1=O. The summed E-state index contributed by atoms with van der Waals surface area (Å²) in [6, 6.07) is -0.655. The monoisotopic (exact) mass is 304 g/mol. The van der Waals surface area contributed by atoms with E-state index in [1.54, 1.807) is 4.90 Å². The molecule has 0 radical (unpaired) electrons. The summed E-state index contributed by atoms with van der Waals surface area (Å²) in [4.78, 5) is 37.6. The number of nitrogens with zero attached hydrogens (tertiary/aromatic N) is 3. The van der Waals surface area contributed by atoms with E-state index in [-0.39, 0.29) is 30.1 Å². The van der Waals surface area contributed by atoms with E-state index in [4.69, 9.17) is 0 Å². The molecule has 1 aliphatic carbocycles. The Morgan fingerprint density at radius 3 is 2.86 bits per heavy atom. The highest BCUT2D eigenvalue weighted by molar-refractivity contribution is 6.06. The van der Waals surface area contributed by atoms with E-state index < -0.39 is 6.04 Å². The Bertz CT molecular complexity index is 637. The highest BCUT2D eigenvalue weighted by Crippen LogP contribution is 2.27. The van der Waals surface area contributed by atoms with Crippen LogP contribution in [0.4, 0.5) is 0 Å². The van der Waals surface area contributed by atoms with Crippen LogP contribution >= 0.6 is 0 Å².